The first-order chi connectivity index (χ1) is 8.88. The minimum Gasteiger partial charge on any atom is -0.206 e. The second kappa shape index (κ2) is 5.81. The Balaban J connectivity index is 2.18. The molecule has 0 amide bonds. The molecule has 0 aliphatic heterocycles. The van der Waals surface area contributed by atoms with Crippen LogP contribution in [0.3, 0.4) is 0 Å². The summed E-state index contributed by atoms with van der Waals surface area (Å²) < 4.78 is 27.5. The molecule has 1 heterocycles. The summed E-state index contributed by atoms with van der Waals surface area (Å²) in [5.41, 5.74) is 0.843. The summed E-state index contributed by atoms with van der Waals surface area (Å²) in [5.74, 6) is 0. The lowest BCUT2D eigenvalue weighted by Crippen LogP contribution is -2.26. The summed E-state index contributed by atoms with van der Waals surface area (Å²) in [4.78, 5) is 0. The number of nitrogens with one attached hydrogen (secondary N) is 1. The highest BCUT2D eigenvalue weighted by atomic mass is 35.5. The van der Waals surface area contributed by atoms with Gasteiger partial charge in [0.25, 0.3) is 10.0 Å². The predicted octanol–water partition coefficient (Wildman–Crippen LogP) is 4.09. The SMILES string of the molecule is C[C@H](NS(=O)(=O)c1ccc(Cl)s1)c1ccc(Cl)cc1. The van der Waals surface area contributed by atoms with Crippen molar-refractivity contribution in [2.75, 3.05) is 0 Å². The summed E-state index contributed by atoms with van der Waals surface area (Å²) in [5, 5.41) is 0.615. The Labute approximate surface area is 126 Å². The van der Waals surface area contributed by atoms with Gasteiger partial charge in [-0.15, -0.1) is 11.3 Å². The number of hydrogen-bond acceptors (Lipinski definition) is 3. The van der Waals surface area contributed by atoms with E-state index < -0.39 is 10.0 Å². The fraction of sp³-hybridized carbons (Fsp3) is 0.167. The highest BCUT2D eigenvalue weighted by molar-refractivity contribution is 7.91. The molecule has 0 unspecified atom stereocenters. The van der Waals surface area contributed by atoms with Crippen LogP contribution in [-0.2, 0) is 10.0 Å². The molecule has 0 saturated carbocycles. The van der Waals surface area contributed by atoms with Crippen molar-refractivity contribution in [2.24, 2.45) is 0 Å². The van der Waals surface area contributed by atoms with Gasteiger partial charge in [0.1, 0.15) is 4.21 Å². The molecular formula is C12H11Cl2NO2S2. The Morgan fingerprint density at radius 1 is 1.11 bits per heavy atom. The van der Waals surface area contributed by atoms with E-state index in [0.717, 1.165) is 16.9 Å². The third-order valence-electron chi connectivity index (χ3n) is 2.52. The summed E-state index contributed by atoms with van der Waals surface area (Å²) in [6, 6.07) is 9.74. The van der Waals surface area contributed by atoms with E-state index in [1.165, 1.54) is 6.07 Å². The summed E-state index contributed by atoms with van der Waals surface area (Å²) in [7, 11) is -3.55. The van der Waals surface area contributed by atoms with Crippen LogP contribution in [-0.4, -0.2) is 8.42 Å². The molecule has 0 fully saturated rings. The Kier molecular flexibility index (Phi) is 4.53. The maximum absolute atomic E-state index is 12.1. The van der Waals surface area contributed by atoms with Crippen LogP contribution in [0.15, 0.2) is 40.6 Å². The molecule has 2 aromatic rings. The molecule has 1 aromatic carbocycles. The van der Waals surface area contributed by atoms with Crippen LogP contribution in [0, 0.1) is 0 Å². The van der Waals surface area contributed by atoms with Crippen molar-refractivity contribution in [1.82, 2.24) is 4.72 Å². The zero-order valence-electron chi connectivity index (χ0n) is 9.93. The van der Waals surface area contributed by atoms with Crippen molar-refractivity contribution in [1.29, 1.82) is 0 Å². The average Bonchev–Trinajstić information content (AvgIpc) is 2.77. The van der Waals surface area contributed by atoms with E-state index in [4.69, 9.17) is 23.2 Å². The van der Waals surface area contributed by atoms with E-state index in [2.05, 4.69) is 4.72 Å². The molecule has 0 saturated heterocycles. The lowest BCUT2D eigenvalue weighted by atomic mass is 10.1. The van der Waals surface area contributed by atoms with Gasteiger partial charge in [-0.2, -0.15) is 0 Å². The lowest BCUT2D eigenvalue weighted by molar-refractivity contribution is 0.569. The van der Waals surface area contributed by atoms with Crippen LogP contribution >= 0.6 is 34.5 Å². The topological polar surface area (TPSA) is 46.2 Å². The minimum atomic E-state index is -3.55. The smallest absolute Gasteiger partial charge is 0.206 e. The van der Waals surface area contributed by atoms with Crippen molar-refractivity contribution < 1.29 is 8.42 Å². The highest BCUT2D eigenvalue weighted by Gasteiger charge is 2.20. The van der Waals surface area contributed by atoms with E-state index in [9.17, 15) is 8.42 Å². The third-order valence-corrected chi connectivity index (χ3v) is 6.03. The van der Waals surface area contributed by atoms with Crippen LogP contribution in [0.5, 0.6) is 0 Å². The molecule has 0 spiro atoms. The molecule has 3 nitrogen and oxygen atoms in total. The summed E-state index contributed by atoms with van der Waals surface area (Å²) >= 11 is 12.6. The first-order valence-electron chi connectivity index (χ1n) is 5.41. The number of sulfonamides is 1. The van der Waals surface area contributed by atoms with Gasteiger partial charge < -0.3 is 0 Å². The van der Waals surface area contributed by atoms with Gasteiger partial charge in [-0.05, 0) is 36.8 Å². The second-order valence-corrected chi connectivity index (χ2v) is 8.05. The van der Waals surface area contributed by atoms with E-state index in [1.54, 1.807) is 37.3 Å². The Bertz CT molecular complexity index is 665. The minimum absolute atomic E-state index is 0.207. The number of benzene rings is 1. The summed E-state index contributed by atoms with van der Waals surface area (Å²) in [6.07, 6.45) is 0. The van der Waals surface area contributed by atoms with Gasteiger partial charge in [0.2, 0.25) is 0 Å². The third kappa shape index (κ3) is 3.70. The van der Waals surface area contributed by atoms with Crippen molar-refractivity contribution in [3.05, 3.63) is 51.3 Å². The van der Waals surface area contributed by atoms with Gasteiger partial charge in [0, 0.05) is 11.1 Å². The molecule has 0 aliphatic carbocycles. The maximum Gasteiger partial charge on any atom is 0.250 e. The molecule has 1 aromatic heterocycles. The van der Waals surface area contributed by atoms with Crippen LogP contribution in [0.1, 0.15) is 18.5 Å². The molecule has 102 valence electrons. The van der Waals surface area contributed by atoms with Crippen molar-refractivity contribution in [3.8, 4) is 0 Å². The van der Waals surface area contributed by atoms with Gasteiger partial charge >= 0.3 is 0 Å². The predicted molar refractivity (Wildman–Crippen MR) is 79.5 cm³/mol. The zero-order chi connectivity index (χ0) is 14.0. The standard InChI is InChI=1S/C12H11Cl2NO2S2/c1-8(9-2-4-10(13)5-3-9)15-19(16,17)12-7-6-11(14)18-12/h2-8,15H,1H3/t8-/m0/s1. The Morgan fingerprint density at radius 3 is 2.26 bits per heavy atom. The highest BCUT2D eigenvalue weighted by Crippen LogP contribution is 2.27. The van der Waals surface area contributed by atoms with E-state index in [1.807, 2.05) is 0 Å². The largest absolute Gasteiger partial charge is 0.250 e. The molecule has 2 rings (SSSR count). The summed E-state index contributed by atoms with van der Waals surface area (Å²) in [6.45, 7) is 1.77. The number of rotatable bonds is 4. The van der Waals surface area contributed by atoms with E-state index in [0.29, 0.717) is 9.36 Å². The number of halogens is 2. The van der Waals surface area contributed by atoms with Gasteiger partial charge in [-0.1, -0.05) is 35.3 Å². The van der Waals surface area contributed by atoms with Crippen molar-refractivity contribution >= 4 is 44.6 Å². The van der Waals surface area contributed by atoms with Gasteiger partial charge in [0.15, 0.2) is 0 Å². The first kappa shape index (κ1) is 14.8. The molecule has 1 N–H and O–H groups in total. The first-order valence-corrected chi connectivity index (χ1v) is 8.47. The second-order valence-electron chi connectivity index (χ2n) is 3.95. The number of thiophene rings is 1. The normalized spacial score (nSPS) is 13.4. The molecule has 1 atom stereocenters. The van der Waals surface area contributed by atoms with Crippen molar-refractivity contribution in [3.63, 3.8) is 0 Å². The maximum atomic E-state index is 12.1. The fourth-order valence-electron chi connectivity index (χ4n) is 1.55. The number of hydrogen-bond donors (Lipinski definition) is 1. The molecule has 7 heteroatoms. The molecular weight excluding hydrogens is 325 g/mol. The van der Waals surface area contributed by atoms with Crippen LogP contribution < -0.4 is 4.72 Å². The van der Waals surface area contributed by atoms with E-state index >= 15 is 0 Å². The molecule has 0 bridgehead atoms. The Morgan fingerprint density at radius 2 is 1.74 bits per heavy atom. The monoisotopic (exact) mass is 335 g/mol. The molecule has 0 radical (unpaired) electrons. The van der Waals surface area contributed by atoms with Gasteiger partial charge in [-0.3, -0.25) is 0 Å². The molecule has 0 aliphatic rings. The zero-order valence-corrected chi connectivity index (χ0v) is 13.1. The lowest BCUT2D eigenvalue weighted by Gasteiger charge is -2.13. The Hall–Kier alpha value is -0.590. The van der Waals surface area contributed by atoms with Gasteiger partial charge in [-0.25, -0.2) is 13.1 Å². The molecule has 19 heavy (non-hydrogen) atoms. The van der Waals surface area contributed by atoms with Crippen LogP contribution in [0.4, 0.5) is 0 Å². The fourth-order valence-corrected chi connectivity index (χ4v) is 4.41. The quantitative estimate of drug-likeness (QED) is 0.914. The van der Waals surface area contributed by atoms with Crippen LogP contribution in [0.2, 0.25) is 9.36 Å². The van der Waals surface area contributed by atoms with Gasteiger partial charge in [0.05, 0.1) is 4.34 Å². The average molecular weight is 336 g/mol. The van der Waals surface area contributed by atoms with Crippen LogP contribution in [0.25, 0.3) is 0 Å². The van der Waals surface area contributed by atoms with E-state index in [-0.39, 0.29) is 10.3 Å². The van der Waals surface area contributed by atoms with Crippen molar-refractivity contribution in [2.45, 2.75) is 17.2 Å².